The van der Waals surface area contributed by atoms with Crippen LogP contribution in [-0.2, 0) is 14.4 Å². The Morgan fingerprint density at radius 3 is 2.46 bits per heavy atom. The summed E-state index contributed by atoms with van der Waals surface area (Å²) >= 11 is 1.69. The van der Waals surface area contributed by atoms with Crippen molar-refractivity contribution in [2.24, 2.45) is 5.92 Å². The van der Waals surface area contributed by atoms with E-state index in [2.05, 4.69) is 5.32 Å². The largest absolute Gasteiger partial charge is 0.480 e. The molecule has 0 aromatic rings. The van der Waals surface area contributed by atoms with Gasteiger partial charge in [0, 0.05) is 31.8 Å². The second-order valence-corrected chi connectivity index (χ2v) is 9.27. The molecular weight excluding hydrogens is 378 g/mol. The van der Waals surface area contributed by atoms with Gasteiger partial charge in [-0.2, -0.15) is 11.8 Å². The minimum absolute atomic E-state index is 0.0983. The molecule has 0 aromatic carbocycles. The van der Waals surface area contributed by atoms with E-state index in [1.54, 1.807) is 16.7 Å². The first kappa shape index (κ1) is 21.4. The number of likely N-dealkylation sites (tertiary alicyclic amines) is 1. The third-order valence-corrected chi connectivity index (χ3v) is 7.28. The highest BCUT2D eigenvalue weighted by molar-refractivity contribution is 7.98. The van der Waals surface area contributed by atoms with E-state index in [9.17, 15) is 19.5 Å². The molecule has 2 unspecified atom stereocenters. The monoisotopic (exact) mass is 411 g/mol. The number of piperidine rings is 1. The number of thioether (sulfide) groups is 1. The number of nitrogens with zero attached hydrogens (tertiary/aromatic N) is 2. The zero-order valence-electron chi connectivity index (χ0n) is 17.0. The van der Waals surface area contributed by atoms with Crippen molar-refractivity contribution in [1.82, 2.24) is 15.1 Å². The lowest BCUT2D eigenvalue weighted by atomic mass is 9.92. The van der Waals surface area contributed by atoms with Gasteiger partial charge in [-0.1, -0.05) is 19.8 Å². The fourth-order valence-corrected chi connectivity index (χ4v) is 5.57. The molecule has 1 spiro atoms. The third kappa shape index (κ3) is 4.03. The molecule has 3 aliphatic rings. The lowest BCUT2D eigenvalue weighted by Crippen LogP contribution is -2.63. The minimum Gasteiger partial charge on any atom is -0.480 e. The van der Waals surface area contributed by atoms with E-state index in [4.69, 9.17) is 0 Å². The van der Waals surface area contributed by atoms with E-state index in [-0.39, 0.29) is 23.8 Å². The van der Waals surface area contributed by atoms with Gasteiger partial charge >= 0.3 is 5.97 Å². The van der Waals surface area contributed by atoms with E-state index < -0.39 is 17.7 Å². The molecule has 0 aromatic heterocycles. The molecule has 2 heterocycles. The summed E-state index contributed by atoms with van der Waals surface area (Å²) in [7, 11) is 0. The molecule has 0 radical (unpaired) electrons. The van der Waals surface area contributed by atoms with Gasteiger partial charge in [-0.3, -0.25) is 14.9 Å². The molecule has 8 heteroatoms. The van der Waals surface area contributed by atoms with E-state index in [1.165, 1.54) is 0 Å². The molecule has 28 heavy (non-hydrogen) atoms. The Kier molecular flexibility index (Phi) is 6.91. The maximum Gasteiger partial charge on any atom is 0.326 e. The Bertz CT molecular complexity index is 600. The smallest absolute Gasteiger partial charge is 0.326 e. The molecule has 2 N–H and O–H groups in total. The normalized spacial score (nSPS) is 26.2. The summed E-state index contributed by atoms with van der Waals surface area (Å²) in [5, 5.41) is 13.2. The molecule has 3 rings (SSSR count). The van der Waals surface area contributed by atoms with Crippen LogP contribution < -0.4 is 5.32 Å². The van der Waals surface area contributed by atoms with E-state index in [0.29, 0.717) is 38.8 Å². The number of hydrogen-bond donors (Lipinski definition) is 2. The minimum atomic E-state index is -0.952. The van der Waals surface area contributed by atoms with Crippen molar-refractivity contribution >= 4 is 29.5 Å². The molecule has 7 nitrogen and oxygen atoms in total. The summed E-state index contributed by atoms with van der Waals surface area (Å²) in [4.78, 5) is 41.3. The van der Waals surface area contributed by atoms with Crippen LogP contribution in [0.3, 0.4) is 0 Å². The molecule has 2 saturated heterocycles. The number of carbonyl (C=O) groups is 3. The molecule has 158 valence electrons. The van der Waals surface area contributed by atoms with Gasteiger partial charge in [-0.25, -0.2) is 4.79 Å². The van der Waals surface area contributed by atoms with Gasteiger partial charge in [0.15, 0.2) is 0 Å². The summed E-state index contributed by atoms with van der Waals surface area (Å²) in [5.41, 5.74) is -0.647. The Labute approximate surface area is 171 Å². The van der Waals surface area contributed by atoms with Crippen molar-refractivity contribution in [2.75, 3.05) is 25.1 Å². The Morgan fingerprint density at radius 2 is 1.93 bits per heavy atom. The predicted molar refractivity (Wildman–Crippen MR) is 109 cm³/mol. The van der Waals surface area contributed by atoms with Crippen molar-refractivity contribution in [3.63, 3.8) is 0 Å². The second-order valence-electron chi connectivity index (χ2n) is 8.29. The predicted octanol–water partition coefficient (Wildman–Crippen LogP) is 1.91. The van der Waals surface area contributed by atoms with Crippen LogP contribution in [0.5, 0.6) is 0 Å². The SMILES string of the molecule is CCC(C(=O)O)N1C(=O)C(CCSC)NC12CCN(C(=O)C1CCCC1)CC2. The van der Waals surface area contributed by atoms with Crippen LogP contribution in [0.4, 0.5) is 0 Å². The van der Waals surface area contributed by atoms with Crippen LogP contribution in [-0.4, -0.2) is 75.5 Å². The second kappa shape index (κ2) is 9.03. The Morgan fingerprint density at radius 1 is 1.29 bits per heavy atom. The Hall–Kier alpha value is -1.28. The first-order valence-electron chi connectivity index (χ1n) is 10.5. The van der Waals surface area contributed by atoms with E-state index in [0.717, 1.165) is 31.4 Å². The molecule has 2 atom stereocenters. The molecule has 2 amide bonds. The van der Waals surface area contributed by atoms with Crippen LogP contribution in [0, 0.1) is 5.92 Å². The molecule has 3 fully saturated rings. The first-order chi connectivity index (χ1) is 13.4. The van der Waals surface area contributed by atoms with Gasteiger partial charge in [0.25, 0.3) is 0 Å². The zero-order chi connectivity index (χ0) is 20.3. The number of rotatable bonds is 7. The molecule has 2 aliphatic heterocycles. The Balaban J connectivity index is 1.76. The van der Waals surface area contributed by atoms with E-state index >= 15 is 0 Å². The van der Waals surface area contributed by atoms with E-state index in [1.807, 2.05) is 18.1 Å². The van der Waals surface area contributed by atoms with Crippen LogP contribution in [0.25, 0.3) is 0 Å². The summed E-state index contributed by atoms with van der Waals surface area (Å²) in [6, 6.07) is -1.16. The van der Waals surface area contributed by atoms with Crippen molar-refractivity contribution in [3.8, 4) is 0 Å². The van der Waals surface area contributed by atoms with Gasteiger partial charge in [0.2, 0.25) is 11.8 Å². The summed E-state index contributed by atoms with van der Waals surface area (Å²) in [6.07, 6.45) is 8.50. The van der Waals surface area contributed by atoms with Gasteiger partial charge in [-0.15, -0.1) is 0 Å². The van der Waals surface area contributed by atoms with Gasteiger partial charge < -0.3 is 14.9 Å². The number of amides is 2. The fraction of sp³-hybridized carbons (Fsp3) is 0.850. The molecular formula is C20H33N3O4S. The van der Waals surface area contributed by atoms with Gasteiger partial charge in [0.05, 0.1) is 11.7 Å². The maximum absolute atomic E-state index is 13.1. The highest BCUT2D eigenvalue weighted by atomic mass is 32.2. The number of nitrogens with one attached hydrogen (secondary N) is 1. The van der Waals surface area contributed by atoms with Crippen LogP contribution >= 0.6 is 11.8 Å². The van der Waals surface area contributed by atoms with Crippen molar-refractivity contribution in [2.45, 2.75) is 76.0 Å². The lowest BCUT2D eigenvalue weighted by Gasteiger charge is -2.46. The van der Waals surface area contributed by atoms with Crippen molar-refractivity contribution in [3.05, 3.63) is 0 Å². The fourth-order valence-electron chi connectivity index (χ4n) is 5.10. The number of aliphatic carboxylic acids is 1. The summed E-state index contributed by atoms with van der Waals surface area (Å²) in [6.45, 7) is 2.97. The zero-order valence-corrected chi connectivity index (χ0v) is 17.8. The average Bonchev–Trinajstić information content (AvgIpc) is 3.30. The quantitative estimate of drug-likeness (QED) is 0.665. The molecule has 1 saturated carbocycles. The van der Waals surface area contributed by atoms with Crippen LogP contribution in [0.2, 0.25) is 0 Å². The highest BCUT2D eigenvalue weighted by Gasteiger charge is 2.55. The number of carboxylic acid groups (broad SMARTS) is 1. The molecule has 0 bridgehead atoms. The number of carbonyl (C=O) groups excluding carboxylic acids is 2. The highest BCUT2D eigenvalue weighted by Crippen LogP contribution is 2.37. The topological polar surface area (TPSA) is 89.9 Å². The summed E-state index contributed by atoms with van der Waals surface area (Å²) < 4.78 is 0. The standard InChI is InChI=1S/C20H33N3O4S/c1-3-16(19(26)27)23-18(25)15(8-13-28-2)21-20(23)9-11-22(12-10-20)17(24)14-6-4-5-7-14/h14-16,21H,3-13H2,1-2H3,(H,26,27). The van der Waals surface area contributed by atoms with Crippen molar-refractivity contribution in [1.29, 1.82) is 0 Å². The van der Waals surface area contributed by atoms with Crippen LogP contribution in [0.1, 0.15) is 58.3 Å². The van der Waals surface area contributed by atoms with Crippen LogP contribution in [0.15, 0.2) is 0 Å². The maximum atomic E-state index is 13.1. The third-order valence-electron chi connectivity index (χ3n) is 6.64. The average molecular weight is 412 g/mol. The first-order valence-corrected chi connectivity index (χ1v) is 11.9. The summed E-state index contributed by atoms with van der Waals surface area (Å²) in [5.74, 6) is 0.196. The van der Waals surface area contributed by atoms with Gasteiger partial charge in [-0.05, 0) is 37.7 Å². The number of hydrogen-bond acceptors (Lipinski definition) is 5. The lowest BCUT2D eigenvalue weighted by molar-refractivity contribution is -0.155. The van der Waals surface area contributed by atoms with Crippen molar-refractivity contribution < 1.29 is 19.5 Å². The molecule has 1 aliphatic carbocycles. The van der Waals surface area contributed by atoms with Gasteiger partial charge in [0.1, 0.15) is 6.04 Å². The number of carboxylic acids is 1.